The quantitative estimate of drug-likeness (QED) is 0.857. The number of aromatic nitrogens is 2. The SMILES string of the molecule is CCCn1nccc1CC1(CC(C)C)CCC(=O)N1. The average molecular weight is 263 g/mol. The minimum Gasteiger partial charge on any atom is -0.350 e. The fourth-order valence-corrected chi connectivity index (χ4v) is 3.18. The number of hydrogen-bond donors (Lipinski definition) is 1. The van der Waals surface area contributed by atoms with Crippen molar-refractivity contribution in [1.82, 2.24) is 15.1 Å². The summed E-state index contributed by atoms with van der Waals surface area (Å²) < 4.78 is 2.08. The number of carbonyl (C=O) groups is 1. The predicted octanol–water partition coefficient (Wildman–Crippen LogP) is 2.53. The Kier molecular flexibility index (Phi) is 4.27. The second-order valence-corrected chi connectivity index (χ2v) is 6.15. The van der Waals surface area contributed by atoms with E-state index in [1.165, 1.54) is 5.69 Å². The Morgan fingerprint density at radius 3 is 2.89 bits per heavy atom. The third kappa shape index (κ3) is 3.37. The van der Waals surface area contributed by atoms with Gasteiger partial charge in [0.15, 0.2) is 0 Å². The first-order chi connectivity index (χ1) is 9.04. The zero-order chi connectivity index (χ0) is 13.9. The van der Waals surface area contributed by atoms with Gasteiger partial charge in [-0.1, -0.05) is 20.8 Å². The second-order valence-electron chi connectivity index (χ2n) is 6.15. The molecule has 1 unspecified atom stereocenters. The smallest absolute Gasteiger partial charge is 0.220 e. The van der Waals surface area contributed by atoms with Crippen molar-refractivity contribution >= 4 is 5.91 Å². The lowest BCUT2D eigenvalue weighted by molar-refractivity contribution is -0.119. The van der Waals surface area contributed by atoms with E-state index in [9.17, 15) is 4.79 Å². The Balaban J connectivity index is 2.16. The van der Waals surface area contributed by atoms with Gasteiger partial charge in [-0.25, -0.2) is 0 Å². The zero-order valence-electron chi connectivity index (χ0n) is 12.3. The summed E-state index contributed by atoms with van der Waals surface area (Å²) in [6.07, 6.45) is 6.49. The molecule has 1 fully saturated rings. The Labute approximate surface area is 115 Å². The molecule has 106 valence electrons. The molecule has 19 heavy (non-hydrogen) atoms. The first-order valence-corrected chi connectivity index (χ1v) is 7.36. The summed E-state index contributed by atoms with van der Waals surface area (Å²) in [6, 6.07) is 2.09. The first kappa shape index (κ1) is 14.1. The van der Waals surface area contributed by atoms with E-state index in [0.29, 0.717) is 12.3 Å². The van der Waals surface area contributed by atoms with Gasteiger partial charge in [0.1, 0.15) is 0 Å². The van der Waals surface area contributed by atoms with Crippen molar-refractivity contribution in [2.24, 2.45) is 5.92 Å². The number of nitrogens with zero attached hydrogens (tertiary/aromatic N) is 2. The van der Waals surface area contributed by atoms with Crippen LogP contribution in [0.15, 0.2) is 12.3 Å². The summed E-state index contributed by atoms with van der Waals surface area (Å²) in [7, 11) is 0. The molecule has 0 saturated carbocycles. The van der Waals surface area contributed by atoms with Gasteiger partial charge in [-0.15, -0.1) is 0 Å². The van der Waals surface area contributed by atoms with Crippen molar-refractivity contribution in [3.05, 3.63) is 18.0 Å². The Hall–Kier alpha value is -1.32. The molecule has 0 spiro atoms. The second kappa shape index (κ2) is 5.76. The van der Waals surface area contributed by atoms with E-state index in [1.54, 1.807) is 0 Å². The molecule has 1 atom stereocenters. The van der Waals surface area contributed by atoms with Gasteiger partial charge < -0.3 is 5.32 Å². The molecule has 1 saturated heterocycles. The maximum atomic E-state index is 11.6. The van der Waals surface area contributed by atoms with Crippen LogP contribution in [0.1, 0.15) is 52.1 Å². The van der Waals surface area contributed by atoms with Crippen LogP contribution in [0, 0.1) is 5.92 Å². The molecule has 1 aliphatic heterocycles. The highest BCUT2D eigenvalue weighted by Crippen LogP contribution is 2.31. The number of aryl methyl sites for hydroxylation is 1. The summed E-state index contributed by atoms with van der Waals surface area (Å²) in [5.74, 6) is 0.781. The van der Waals surface area contributed by atoms with Crippen LogP contribution in [0.2, 0.25) is 0 Å². The number of nitrogens with one attached hydrogen (secondary N) is 1. The highest BCUT2D eigenvalue weighted by atomic mass is 16.2. The molecule has 1 aromatic rings. The van der Waals surface area contributed by atoms with Crippen molar-refractivity contribution < 1.29 is 4.79 Å². The van der Waals surface area contributed by atoms with Gasteiger partial charge in [-0.3, -0.25) is 9.48 Å². The molecule has 1 aliphatic rings. The summed E-state index contributed by atoms with van der Waals surface area (Å²) in [5.41, 5.74) is 1.18. The van der Waals surface area contributed by atoms with Gasteiger partial charge in [0, 0.05) is 36.8 Å². The highest BCUT2D eigenvalue weighted by molar-refractivity contribution is 5.79. The molecule has 0 bridgehead atoms. The van der Waals surface area contributed by atoms with Crippen LogP contribution in [0.4, 0.5) is 0 Å². The Morgan fingerprint density at radius 2 is 2.32 bits per heavy atom. The van der Waals surface area contributed by atoms with Gasteiger partial charge in [0.25, 0.3) is 0 Å². The van der Waals surface area contributed by atoms with Crippen LogP contribution in [0.5, 0.6) is 0 Å². The molecule has 0 aromatic carbocycles. The first-order valence-electron chi connectivity index (χ1n) is 7.36. The monoisotopic (exact) mass is 263 g/mol. The van der Waals surface area contributed by atoms with E-state index >= 15 is 0 Å². The topological polar surface area (TPSA) is 46.9 Å². The van der Waals surface area contributed by atoms with E-state index in [-0.39, 0.29) is 11.4 Å². The lowest BCUT2D eigenvalue weighted by Crippen LogP contribution is -2.45. The minimum atomic E-state index is -0.0588. The molecule has 2 rings (SSSR count). The van der Waals surface area contributed by atoms with Gasteiger partial charge >= 0.3 is 0 Å². The van der Waals surface area contributed by atoms with E-state index in [2.05, 4.69) is 41.9 Å². The fraction of sp³-hybridized carbons (Fsp3) is 0.733. The van der Waals surface area contributed by atoms with E-state index in [0.717, 1.165) is 32.2 Å². The summed E-state index contributed by atoms with van der Waals surface area (Å²) in [5, 5.41) is 7.61. The normalized spacial score (nSPS) is 23.1. The largest absolute Gasteiger partial charge is 0.350 e. The van der Waals surface area contributed by atoms with E-state index in [1.807, 2.05) is 6.20 Å². The molecule has 1 aromatic heterocycles. The average Bonchev–Trinajstić information content (AvgIpc) is 2.87. The lowest BCUT2D eigenvalue weighted by Gasteiger charge is -2.31. The zero-order valence-corrected chi connectivity index (χ0v) is 12.3. The summed E-state index contributed by atoms with van der Waals surface area (Å²) >= 11 is 0. The van der Waals surface area contributed by atoms with E-state index in [4.69, 9.17) is 0 Å². The minimum absolute atomic E-state index is 0.0588. The molecule has 4 nitrogen and oxygen atoms in total. The molecule has 4 heteroatoms. The summed E-state index contributed by atoms with van der Waals surface area (Å²) in [4.78, 5) is 11.6. The fourth-order valence-electron chi connectivity index (χ4n) is 3.18. The van der Waals surface area contributed by atoms with Crippen molar-refractivity contribution in [1.29, 1.82) is 0 Å². The maximum absolute atomic E-state index is 11.6. The molecule has 1 amide bonds. The predicted molar refractivity (Wildman–Crippen MR) is 75.8 cm³/mol. The van der Waals surface area contributed by atoms with Crippen LogP contribution < -0.4 is 5.32 Å². The number of carbonyl (C=O) groups excluding carboxylic acids is 1. The number of amides is 1. The Morgan fingerprint density at radius 1 is 1.53 bits per heavy atom. The third-order valence-electron chi connectivity index (χ3n) is 3.79. The molecular formula is C15H25N3O. The van der Waals surface area contributed by atoms with Crippen LogP contribution in [-0.4, -0.2) is 21.2 Å². The van der Waals surface area contributed by atoms with E-state index < -0.39 is 0 Å². The van der Waals surface area contributed by atoms with Crippen LogP contribution in [-0.2, 0) is 17.8 Å². The highest BCUT2D eigenvalue weighted by Gasteiger charge is 2.38. The maximum Gasteiger partial charge on any atom is 0.220 e. The van der Waals surface area contributed by atoms with Gasteiger partial charge in [0.05, 0.1) is 0 Å². The van der Waals surface area contributed by atoms with Gasteiger partial charge in [-0.05, 0) is 31.2 Å². The van der Waals surface area contributed by atoms with Crippen molar-refractivity contribution in [2.75, 3.05) is 0 Å². The van der Waals surface area contributed by atoms with Crippen LogP contribution in [0.25, 0.3) is 0 Å². The van der Waals surface area contributed by atoms with Crippen LogP contribution in [0.3, 0.4) is 0 Å². The van der Waals surface area contributed by atoms with Crippen molar-refractivity contribution in [3.63, 3.8) is 0 Å². The van der Waals surface area contributed by atoms with Crippen molar-refractivity contribution in [2.45, 2.75) is 65.0 Å². The molecular weight excluding hydrogens is 238 g/mol. The number of rotatable bonds is 6. The lowest BCUT2D eigenvalue weighted by atomic mass is 9.83. The third-order valence-corrected chi connectivity index (χ3v) is 3.79. The molecule has 1 N–H and O–H groups in total. The van der Waals surface area contributed by atoms with Gasteiger partial charge in [-0.2, -0.15) is 5.10 Å². The molecule has 0 radical (unpaired) electrons. The Bertz CT molecular complexity index is 438. The number of hydrogen-bond acceptors (Lipinski definition) is 2. The van der Waals surface area contributed by atoms with Crippen molar-refractivity contribution in [3.8, 4) is 0 Å². The summed E-state index contributed by atoms with van der Waals surface area (Å²) in [6.45, 7) is 7.55. The van der Waals surface area contributed by atoms with Gasteiger partial charge in [0.2, 0.25) is 5.91 Å². The molecule has 0 aliphatic carbocycles. The standard InChI is InChI=1S/C15H25N3O/c1-4-9-18-13(6-8-16-18)11-15(10-12(2)3)7-5-14(19)17-15/h6,8,12H,4-5,7,9-11H2,1-3H3,(H,17,19). The molecule has 2 heterocycles. The van der Waals surface area contributed by atoms with Crippen LogP contribution >= 0.6 is 0 Å².